The average Bonchev–Trinajstić information content (AvgIpc) is 3.29. The van der Waals surface area contributed by atoms with Gasteiger partial charge in [0.15, 0.2) is 5.13 Å². The molecule has 3 aliphatic heterocycles. The summed E-state index contributed by atoms with van der Waals surface area (Å²) in [5, 5.41) is 1.20. The lowest BCUT2D eigenvalue weighted by Gasteiger charge is -2.49. The summed E-state index contributed by atoms with van der Waals surface area (Å²) in [4.78, 5) is 27.6. The standard InChI is InChI=1S/C19H31N5OS/c1-21-10-7-19(6-5-17(21)25)15-23(12-11-22(19)2)14-16-13-20-18(26-16)24-8-3-4-9-24/h13H,3-12,14-15H2,1-2H3/t19-/m0/s1. The van der Waals surface area contributed by atoms with Crippen molar-refractivity contribution in [1.29, 1.82) is 0 Å². The van der Waals surface area contributed by atoms with Crippen LogP contribution in [-0.2, 0) is 11.3 Å². The van der Waals surface area contributed by atoms with Gasteiger partial charge in [0.25, 0.3) is 0 Å². The molecule has 6 nitrogen and oxygen atoms in total. The van der Waals surface area contributed by atoms with Gasteiger partial charge in [-0.25, -0.2) is 4.98 Å². The van der Waals surface area contributed by atoms with Gasteiger partial charge in [0, 0.05) is 75.9 Å². The summed E-state index contributed by atoms with van der Waals surface area (Å²) in [5.74, 6) is 0.296. The highest BCUT2D eigenvalue weighted by atomic mass is 32.1. The molecule has 3 saturated heterocycles. The summed E-state index contributed by atoms with van der Waals surface area (Å²) in [5.41, 5.74) is 0.140. The van der Waals surface area contributed by atoms with Crippen LogP contribution < -0.4 is 4.90 Å². The van der Waals surface area contributed by atoms with E-state index in [1.54, 1.807) is 0 Å². The van der Waals surface area contributed by atoms with Gasteiger partial charge in [-0.15, -0.1) is 11.3 Å². The van der Waals surface area contributed by atoms with Crippen LogP contribution in [-0.4, -0.2) is 84.5 Å². The first kappa shape index (κ1) is 18.2. The fourth-order valence-corrected chi connectivity index (χ4v) is 5.62. The minimum Gasteiger partial charge on any atom is -0.348 e. The normalized spacial score (nSPS) is 28.9. The van der Waals surface area contributed by atoms with Gasteiger partial charge < -0.3 is 9.80 Å². The maximum absolute atomic E-state index is 12.1. The second-order valence-corrected chi connectivity index (χ2v) is 9.32. The Morgan fingerprint density at radius 2 is 1.92 bits per heavy atom. The molecule has 0 N–H and O–H groups in total. The molecule has 3 aliphatic rings. The van der Waals surface area contributed by atoms with E-state index in [0.717, 1.165) is 58.7 Å². The molecule has 0 aliphatic carbocycles. The number of anilines is 1. The highest BCUT2D eigenvalue weighted by Gasteiger charge is 2.41. The largest absolute Gasteiger partial charge is 0.348 e. The lowest BCUT2D eigenvalue weighted by molar-refractivity contribution is -0.129. The van der Waals surface area contributed by atoms with E-state index < -0.39 is 0 Å². The third-order valence-corrected chi connectivity index (χ3v) is 7.56. The molecular formula is C19H31N5OS. The third-order valence-electron chi connectivity index (χ3n) is 6.52. The van der Waals surface area contributed by atoms with Crippen LogP contribution in [0.5, 0.6) is 0 Å². The Morgan fingerprint density at radius 3 is 2.73 bits per heavy atom. The summed E-state index contributed by atoms with van der Waals surface area (Å²) in [7, 11) is 4.18. The van der Waals surface area contributed by atoms with E-state index in [2.05, 4.69) is 32.9 Å². The van der Waals surface area contributed by atoms with E-state index in [-0.39, 0.29) is 5.54 Å². The van der Waals surface area contributed by atoms with Crippen LogP contribution in [0.3, 0.4) is 0 Å². The Morgan fingerprint density at radius 1 is 1.12 bits per heavy atom. The van der Waals surface area contributed by atoms with Gasteiger partial charge in [-0.1, -0.05) is 0 Å². The molecule has 4 rings (SSSR count). The maximum Gasteiger partial charge on any atom is 0.222 e. The summed E-state index contributed by atoms with van der Waals surface area (Å²) in [6, 6.07) is 0. The molecule has 1 atom stereocenters. The average molecular weight is 378 g/mol. The SMILES string of the molecule is CN1CC[C@@]2(CCC1=O)CN(Cc1cnc(N3CCCC3)s1)CCN2C. The van der Waals surface area contributed by atoms with Crippen molar-refractivity contribution in [2.45, 2.75) is 44.2 Å². The van der Waals surface area contributed by atoms with Crippen molar-refractivity contribution in [1.82, 2.24) is 19.7 Å². The summed E-state index contributed by atoms with van der Waals surface area (Å²) < 4.78 is 0. The zero-order chi connectivity index (χ0) is 18.1. The predicted octanol–water partition coefficient (Wildman–Crippen LogP) is 1.87. The predicted molar refractivity (Wildman–Crippen MR) is 106 cm³/mol. The van der Waals surface area contributed by atoms with E-state index in [1.165, 1.54) is 22.9 Å². The Balaban J connectivity index is 1.42. The van der Waals surface area contributed by atoms with Gasteiger partial charge in [0.2, 0.25) is 5.91 Å². The van der Waals surface area contributed by atoms with Gasteiger partial charge in [0.1, 0.15) is 0 Å². The van der Waals surface area contributed by atoms with E-state index in [1.807, 2.05) is 23.3 Å². The molecule has 0 bridgehead atoms. The lowest BCUT2D eigenvalue weighted by atomic mass is 9.86. The van der Waals surface area contributed by atoms with Gasteiger partial charge >= 0.3 is 0 Å². The number of nitrogens with zero attached hydrogens (tertiary/aromatic N) is 5. The van der Waals surface area contributed by atoms with Crippen LogP contribution in [0, 0.1) is 0 Å². The number of aromatic nitrogens is 1. The van der Waals surface area contributed by atoms with E-state index in [0.29, 0.717) is 12.3 Å². The van der Waals surface area contributed by atoms with Gasteiger partial charge in [-0.05, 0) is 32.7 Å². The topological polar surface area (TPSA) is 42.9 Å². The number of likely N-dealkylation sites (N-methyl/N-ethyl adjacent to an activating group) is 1. The molecule has 1 spiro atoms. The van der Waals surface area contributed by atoms with Crippen LogP contribution in [0.2, 0.25) is 0 Å². The molecule has 144 valence electrons. The number of hydrogen-bond donors (Lipinski definition) is 0. The molecule has 0 unspecified atom stereocenters. The Kier molecular flexibility index (Phi) is 5.21. The summed E-state index contributed by atoms with van der Waals surface area (Å²) >= 11 is 1.86. The Hall–Kier alpha value is -1.18. The van der Waals surface area contributed by atoms with E-state index >= 15 is 0 Å². The van der Waals surface area contributed by atoms with Crippen molar-refractivity contribution in [2.24, 2.45) is 0 Å². The van der Waals surface area contributed by atoms with Gasteiger partial charge in [-0.3, -0.25) is 14.6 Å². The number of thiazole rings is 1. The van der Waals surface area contributed by atoms with Crippen LogP contribution >= 0.6 is 11.3 Å². The smallest absolute Gasteiger partial charge is 0.222 e. The molecule has 1 aromatic rings. The second-order valence-electron chi connectivity index (χ2n) is 8.23. The number of amides is 1. The number of piperazine rings is 1. The number of rotatable bonds is 3. The first-order chi connectivity index (χ1) is 12.6. The van der Waals surface area contributed by atoms with Crippen molar-refractivity contribution in [3.63, 3.8) is 0 Å². The molecule has 1 amide bonds. The molecule has 0 saturated carbocycles. The van der Waals surface area contributed by atoms with E-state index in [9.17, 15) is 4.79 Å². The van der Waals surface area contributed by atoms with Gasteiger partial charge in [0.05, 0.1) is 0 Å². The van der Waals surface area contributed by atoms with Crippen molar-refractivity contribution in [3.8, 4) is 0 Å². The molecule has 0 aromatic carbocycles. The number of hydrogen-bond acceptors (Lipinski definition) is 6. The molecule has 3 fully saturated rings. The van der Waals surface area contributed by atoms with Crippen LogP contribution in [0.15, 0.2) is 6.20 Å². The molecular weight excluding hydrogens is 346 g/mol. The molecule has 0 radical (unpaired) electrons. The monoisotopic (exact) mass is 377 g/mol. The Bertz CT molecular complexity index is 644. The molecule has 7 heteroatoms. The van der Waals surface area contributed by atoms with Crippen LogP contribution in [0.25, 0.3) is 0 Å². The highest BCUT2D eigenvalue weighted by Crippen LogP contribution is 2.33. The number of likely N-dealkylation sites (tertiary alicyclic amines) is 1. The lowest BCUT2D eigenvalue weighted by Crippen LogP contribution is -2.60. The third kappa shape index (κ3) is 3.62. The zero-order valence-electron chi connectivity index (χ0n) is 16.1. The summed E-state index contributed by atoms with van der Waals surface area (Å²) in [6.45, 7) is 7.41. The molecule has 4 heterocycles. The van der Waals surface area contributed by atoms with Gasteiger partial charge in [-0.2, -0.15) is 0 Å². The fraction of sp³-hybridized carbons (Fsp3) is 0.789. The zero-order valence-corrected chi connectivity index (χ0v) is 16.9. The van der Waals surface area contributed by atoms with Crippen LogP contribution in [0.4, 0.5) is 5.13 Å². The minimum absolute atomic E-state index is 0.140. The first-order valence-electron chi connectivity index (χ1n) is 9.93. The summed E-state index contributed by atoms with van der Waals surface area (Å²) in [6.07, 6.45) is 7.39. The van der Waals surface area contributed by atoms with Crippen molar-refractivity contribution in [3.05, 3.63) is 11.1 Å². The highest BCUT2D eigenvalue weighted by molar-refractivity contribution is 7.15. The fourth-order valence-electron chi connectivity index (χ4n) is 4.62. The minimum atomic E-state index is 0.140. The van der Waals surface area contributed by atoms with Crippen molar-refractivity contribution < 1.29 is 4.79 Å². The van der Waals surface area contributed by atoms with E-state index in [4.69, 9.17) is 0 Å². The van der Waals surface area contributed by atoms with Crippen molar-refractivity contribution >= 4 is 22.4 Å². The quantitative estimate of drug-likeness (QED) is 0.805. The molecule has 26 heavy (non-hydrogen) atoms. The number of carbonyl (C=O) groups excluding carboxylic acids is 1. The van der Waals surface area contributed by atoms with Crippen molar-refractivity contribution in [2.75, 3.05) is 58.3 Å². The Labute approximate surface area is 160 Å². The maximum atomic E-state index is 12.1. The molecule has 1 aromatic heterocycles. The van der Waals surface area contributed by atoms with Crippen LogP contribution in [0.1, 0.15) is 37.0 Å². The first-order valence-corrected chi connectivity index (χ1v) is 10.7. The second kappa shape index (κ2) is 7.44. The number of carbonyl (C=O) groups is 1.